The number of nitrogens with zero attached hydrogens (tertiary/aromatic N) is 3. The lowest BCUT2D eigenvalue weighted by Gasteiger charge is -2.34. The van der Waals surface area contributed by atoms with Gasteiger partial charge in [-0.2, -0.15) is 4.98 Å². The van der Waals surface area contributed by atoms with E-state index in [1.165, 1.54) is 16.3 Å². The summed E-state index contributed by atoms with van der Waals surface area (Å²) in [6.07, 6.45) is -4.57. The molecule has 0 aliphatic carbocycles. The summed E-state index contributed by atoms with van der Waals surface area (Å²) in [5.74, 6) is 1.03. The van der Waals surface area contributed by atoms with Crippen LogP contribution in [0.25, 0.3) is 11.2 Å². The number of phosphoric acid groups is 1. The van der Waals surface area contributed by atoms with E-state index in [-0.39, 0.29) is 25.1 Å². The van der Waals surface area contributed by atoms with Crippen LogP contribution in [-0.2, 0) is 24.1 Å². The third-order valence-corrected chi connectivity index (χ3v) is 7.27. The molecule has 4 heterocycles. The number of aliphatic hydroxyl groups is 1. The van der Waals surface area contributed by atoms with Crippen molar-refractivity contribution in [1.82, 2.24) is 19.5 Å². The summed E-state index contributed by atoms with van der Waals surface area (Å²) < 4.78 is 33.8. The maximum atomic E-state index is 12.4. The minimum absolute atomic E-state index is 0. The lowest BCUT2D eigenvalue weighted by Crippen LogP contribution is -2.41. The molecule has 3 unspecified atom stereocenters. The molecule has 4 N–H and O–H groups in total. The van der Waals surface area contributed by atoms with Gasteiger partial charge in [0.15, 0.2) is 22.5 Å². The second kappa shape index (κ2) is 8.40. The van der Waals surface area contributed by atoms with Gasteiger partial charge in [0.2, 0.25) is 5.95 Å². The molecule has 1 aromatic carbocycles. The average molecular weight is 497 g/mol. The van der Waals surface area contributed by atoms with Crippen molar-refractivity contribution in [2.45, 2.75) is 35.4 Å². The first-order valence-corrected chi connectivity index (χ1v) is 12.2. The van der Waals surface area contributed by atoms with Crippen LogP contribution in [0.4, 0.5) is 5.95 Å². The fraction of sp³-hybridized carbons (Fsp3) is 0.389. The number of aromatic nitrogens is 4. The van der Waals surface area contributed by atoms with Crippen LogP contribution >= 0.6 is 19.6 Å². The van der Waals surface area contributed by atoms with Crippen molar-refractivity contribution < 1.29 is 34.5 Å². The third kappa shape index (κ3) is 4.15. The molecular formula is C18H20N5O8PS. The number of nitrogens with two attached hydrogens (primary N) is 1. The Kier molecular flexibility index (Phi) is 5.69. The van der Waals surface area contributed by atoms with Crippen LogP contribution in [-0.4, -0.2) is 56.7 Å². The number of phosphoric ester groups is 1. The number of H-pyrrole nitrogens is 1. The monoisotopic (exact) mass is 497 g/mol. The van der Waals surface area contributed by atoms with Gasteiger partial charge in [0.1, 0.15) is 24.1 Å². The highest BCUT2D eigenvalue weighted by molar-refractivity contribution is 7.98. The fourth-order valence-corrected chi connectivity index (χ4v) is 5.65. The molecule has 2 aliphatic rings. The number of aromatic amines is 1. The van der Waals surface area contributed by atoms with Crippen LogP contribution in [0.5, 0.6) is 5.75 Å². The van der Waals surface area contributed by atoms with E-state index < -0.39 is 37.9 Å². The maximum absolute atomic E-state index is 12.4. The molecule has 5 rings (SSSR count). The number of thioether (sulfide) groups is 1. The van der Waals surface area contributed by atoms with Gasteiger partial charge in [-0.15, -0.1) is 0 Å². The molecule has 15 heteroatoms. The van der Waals surface area contributed by atoms with Crippen LogP contribution in [0.15, 0.2) is 34.2 Å². The number of benzene rings is 1. The molecular weight excluding hydrogens is 477 g/mol. The number of hydrogen-bond donors (Lipinski definition) is 3. The van der Waals surface area contributed by atoms with Gasteiger partial charge in [0.25, 0.3) is 13.4 Å². The number of methoxy groups -OCH3 is 1. The zero-order valence-corrected chi connectivity index (χ0v) is 18.8. The summed E-state index contributed by atoms with van der Waals surface area (Å²) >= 11 is 1.27. The normalized spacial score (nSPS) is 29.3. The standard InChI is InChI=1S/C18H20N5O8PS/c1-28-9-4-2-8(3-5-9)7-33-18-20-11-14(21-17(19)22-15(11)25)23(18)16-12(24)13-10(30-16)6-29-32(26,27)31-13/h2-5,10,12-13,16,24H,6-7H2,1H3,(H,26,27)(H3,19,21,22,25)/t10?,12?,13-,16-/m1/s1. The van der Waals surface area contributed by atoms with Gasteiger partial charge in [0, 0.05) is 5.75 Å². The number of hydrogen-bond acceptors (Lipinski definition) is 12. The first-order valence-electron chi connectivity index (χ1n) is 9.77. The van der Waals surface area contributed by atoms with Crippen LogP contribution in [0.1, 0.15) is 13.2 Å². The largest absolute Gasteiger partial charge is 1.00 e. The van der Waals surface area contributed by atoms with E-state index in [0.29, 0.717) is 16.7 Å². The summed E-state index contributed by atoms with van der Waals surface area (Å²) in [5.41, 5.74) is 6.20. The topological polar surface area (TPSA) is 187 Å². The summed E-state index contributed by atoms with van der Waals surface area (Å²) in [6.45, 7) is -0.309. The molecule has 2 saturated heterocycles. The molecule has 2 aromatic heterocycles. The highest BCUT2D eigenvalue weighted by atomic mass is 32.2. The van der Waals surface area contributed by atoms with E-state index in [2.05, 4.69) is 19.5 Å². The van der Waals surface area contributed by atoms with Gasteiger partial charge in [-0.05, 0) is 17.7 Å². The molecule has 2 aliphatic heterocycles. The van der Waals surface area contributed by atoms with Gasteiger partial charge in [-0.3, -0.25) is 18.9 Å². The second-order valence-electron chi connectivity index (χ2n) is 7.39. The highest BCUT2D eigenvalue weighted by Crippen LogP contribution is 2.50. The Morgan fingerprint density at radius 2 is 2.18 bits per heavy atom. The number of fused-ring (bicyclic) bond motifs is 2. The van der Waals surface area contributed by atoms with Gasteiger partial charge in [-0.25, -0.2) is 4.98 Å². The van der Waals surface area contributed by atoms with Crippen molar-refractivity contribution >= 4 is 36.7 Å². The van der Waals surface area contributed by atoms with E-state index in [1.807, 2.05) is 24.3 Å². The Bertz CT molecular complexity index is 1300. The number of nitrogen functional groups attached to an aromatic ring is 1. The number of aliphatic hydroxyl groups excluding tert-OH is 1. The molecule has 33 heavy (non-hydrogen) atoms. The number of ether oxygens (including phenoxy) is 2. The van der Waals surface area contributed by atoms with Crippen molar-refractivity contribution in [1.29, 1.82) is 0 Å². The number of rotatable bonds is 5. The molecule has 13 nitrogen and oxygen atoms in total. The molecule has 0 radical (unpaired) electrons. The van der Waals surface area contributed by atoms with Gasteiger partial charge < -0.3 is 34.3 Å². The lowest BCUT2D eigenvalue weighted by molar-refractivity contribution is -0.245. The van der Waals surface area contributed by atoms with E-state index in [1.54, 1.807) is 7.11 Å². The second-order valence-corrected chi connectivity index (χ2v) is 9.70. The molecule has 2 fully saturated rings. The third-order valence-electron chi connectivity index (χ3n) is 5.28. The van der Waals surface area contributed by atoms with Crippen molar-refractivity contribution in [2.75, 3.05) is 19.5 Å². The number of nitrogens with one attached hydrogen (secondary N) is 1. The zero-order chi connectivity index (χ0) is 23.3. The zero-order valence-electron chi connectivity index (χ0n) is 18.1. The van der Waals surface area contributed by atoms with E-state index >= 15 is 0 Å². The first-order chi connectivity index (χ1) is 15.8. The Labute approximate surface area is 191 Å². The highest BCUT2D eigenvalue weighted by Gasteiger charge is 2.51. The number of anilines is 1. The quantitative estimate of drug-likeness (QED) is 0.323. The van der Waals surface area contributed by atoms with E-state index in [0.717, 1.165) is 5.56 Å². The van der Waals surface area contributed by atoms with Crippen molar-refractivity contribution in [3.63, 3.8) is 0 Å². The summed E-state index contributed by atoms with van der Waals surface area (Å²) in [6, 6.07) is 7.40. The van der Waals surface area contributed by atoms with Gasteiger partial charge in [-0.1, -0.05) is 23.9 Å². The molecule has 3 aromatic rings. The van der Waals surface area contributed by atoms with Crippen molar-refractivity contribution in [3.05, 3.63) is 40.2 Å². The molecule has 5 atom stereocenters. The maximum Gasteiger partial charge on any atom is 1.00 e. The minimum atomic E-state index is -4.55. The average Bonchev–Trinajstić information content (AvgIpc) is 3.29. The minimum Gasteiger partial charge on any atom is -0.756 e. The fourth-order valence-electron chi connectivity index (χ4n) is 3.72. The van der Waals surface area contributed by atoms with Crippen molar-refractivity contribution in [2.24, 2.45) is 0 Å². The van der Waals surface area contributed by atoms with E-state index in [4.69, 9.17) is 19.7 Å². The SMILES string of the molecule is COc1ccc(CSc2nc3c(=O)[nH]c(N)nc3n2[C@@H]2OC3COP(=O)([O-])O[C@H]3C2O)cc1.[H+]. The Hall–Kier alpha value is -2.45. The Morgan fingerprint density at radius 3 is 2.91 bits per heavy atom. The summed E-state index contributed by atoms with van der Waals surface area (Å²) in [5, 5.41) is 11.2. The van der Waals surface area contributed by atoms with Crippen LogP contribution in [0.3, 0.4) is 0 Å². The molecule has 0 spiro atoms. The first kappa shape index (κ1) is 22.3. The van der Waals surface area contributed by atoms with Gasteiger partial charge in [0.05, 0.1) is 13.7 Å². The van der Waals surface area contributed by atoms with Gasteiger partial charge >= 0.3 is 1.43 Å². The molecule has 176 valence electrons. The predicted molar refractivity (Wildman–Crippen MR) is 115 cm³/mol. The lowest BCUT2D eigenvalue weighted by atomic mass is 10.1. The van der Waals surface area contributed by atoms with Crippen LogP contribution in [0, 0.1) is 0 Å². The van der Waals surface area contributed by atoms with E-state index in [9.17, 15) is 19.4 Å². The summed E-state index contributed by atoms with van der Waals surface area (Å²) in [7, 11) is -2.98. The van der Waals surface area contributed by atoms with Crippen molar-refractivity contribution in [3.8, 4) is 5.75 Å². The van der Waals surface area contributed by atoms with Crippen LogP contribution < -0.4 is 20.9 Å². The molecule has 0 bridgehead atoms. The Balaban J connectivity index is 0.00000274. The van der Waals surface area contributed by atoms with Crippen LogP contribution in [0.2, 0.25) is 0 Å². The predicted octanol–water partition coefficient (Wildman–Crippen LogP) is 0.257. The smallest absolute Gasteiger partial charge is 0.756 e. The molecule has 0 saturated carbocycles. The Morgan fingerprint density at radius 1 is 1.42 bits per heavy atom. The summed E-state index contributed by atoms with van der Waals surface area (Å²) in [4.78, 5) is 35.1. The number of imidazole rings is 1. The molecule has 0 amide bonds.